The van der Waals surface area contributed by atoms with Gasteiger partial charge in [0, 0.05) is 18.3 Å². The van der Waals surface area contributed by atoms with E-state index in [1.165, 1.54) is 22.9 Å². The fraction of sp³-hybridized carbons (Fsp3) is 0.211. The molecule has 0 fully saturated rings. The van der Waals surface area contributed by atoms with Crippen LogP contribution in [0.2, 0.25) is 0 Å². The van der Waals surface area contributed by atoms with Crippen LogP contribution in [0.25, 0.3) is 17.1 Å². The first-order valence-electron chi connectivity index (χ1n) is 8.01. The summed E-state index contributed by atoms with van der Waals surface area (Å²) in [7, 11) is 1.63. The van der Waals surface area contributed by atoms with Gasteiger partial charge in [-0.3, -0.25) is 9.36 Å². The van der Waals surface area contributed by atoms with Crippen molar-refractivity contribution < 1.29 is 4.79 Å². The average Bonchev–Trinajstić information content (AvgIpc) is 3.05. The number of benzene rings is 2. The normalized spacial score (nSPS) is 10.7. The number of aromatic nitrogens is 3. The molecule has 1 aromatic heterocycles. The highest BCUT2D eigenvalue weighted by Crippen LogP contribution is 2.28. The Hall–Kier alpha value is -2.60. The Labute approximate surface area is 151 Å². The lowest BCUT2D eigenvalue weighted by atomic mass is 10.1. The maximum absolute atomic E-state index is 11.6. The number of amides is 1. The second-order valence-electron chi connectivity index (χ2n) is 5.81. The molecule has 1 heterocycles. The third kappa shape index (κ3) is 3.91. The van der Waals surface area contributed by atoms with Gasteiger partial charge in [-0.2, -0.15) is 0 Å². The Morgan fingerprint density at radius 3 is 2.20 bits per heavy atom. The number of hydrogen-bond donors (Lipinski definition) is 1. The number of nitrogens with one attached hydrogen (secondary N) is 1. The molecule has 0 aliphatic rings. The summed E-state index contributed by atoms with van der Waals surface area (Å²) in [5, 5.41) is 12.0. The van der Waals surface area contributed by atoms with Crippen molar-refractivity contribution >= 4 is 17.7 Å². The summed E-state index contributed by atoms with van der Waals surface area (Å²) in [6.45, 7) is 4.11. The first-order valence-corrected chi connectivity index (χ1v) is 9.00. The largest absolute Gasteiger partial charge is 0.358 e. The summed E-state index contributed by atoms with van der Waals surface area (Å²) in [6, 6.07) is 16.4. The molecule has 0 saturated heterocycles. The van der Waals surface area contributed by atoms with Crippen molar-refractivity contribution in [2.45, 2.75) is 19.0 Å². The molecule has 0 aliphatic carbocycles. The molecule has 0 spiro atoms. The minimum Gasteiger partial charge on any atom is -0.358 e. The molecule has 0 unspecified atom stereocenters. The molecule has 3 rings (SSSR count). The van der Waals surface area contributed by atoms with E-state index < -0.39 is 0 Å². The van der Waals surface area contributed by atoms with Gasteiger partial charge in [-0.25, -0.2) is 0 Å². The highest BCUT2D eigenvalue weighted by molar-refractivity contribution is 7.99. The van der Waals surface area contributed by atoms with Gasteiger partial charge in [-0.15, -0.1) is 10.2 Å². The maximum Gasteiger partial charge on any atom is 0.230 e. The molecule has 0 radical (unpaired) electrons. The fourth-order valence-electron chi connectivity index (χ4n) is 2.38. The van der Waals surface area contributed by atoms with Gasteiger partial charge in [-0.1, -0.05) is 59.3 Å². The van der Waals surface area contributed by atoms with Crippen LogP contribution in [0.4, 0.5) is 0 Å². The topological polar surface area (TPSA) is 59.8 Å². The molecule has 6 heteroatoms. The van der Waals surface area contributed by atoms with Crippen molar-refractivity contribution in [1.29, 1.82) is 0 Å². The molecule has 0 atom stereocenters. The van der Waals surface area contributed by atoms with Gasteiger partial charge in [0.05, 0.1) is 5.75 Å². The molecule has 1 amide bonds. The highest BCUT2D eigenvalue weighted by atomic mass is 32.2. The van der Waals surface area contributed by atoms with E-state index in [0.29, 0.717) is 10.9 Å². The summed E-state index contributed by atoms with van der Waals surface area (Å²) in [4.78, 5) is 11.6. The van der Waals surface area contributed by atoms with Crippen LogP contribution in [0, 0.1) is 13.8 Å². The van der Waals surface area contributed by atoms with Crippen LogP contribution in [-0.2, 0) is 4.79 Å². The number of rotatable bonds is 5. The number of carbonyl (C=O) groups excluding carboxylic acids is 1. The molecule has 2 aromatic carbocycles. The van der Waals surface area contributed by atoms with Crippen LogP contribution in [-0.4, -0.2) is 33.5 Å². The average molecular weight is 352 g/mol. The lowest BCUT2D eigenvalue weighted by Gasteiger charge is -2.11. The van der Waals surface area contributed by atoms with Crippen LogP contribution < -0.4 is 5.32 Å². The third-order valence-electron chi connectivity index (χ3n) is 3.85. The summed E-state index contributed by atoms with van der Waals surface area (Å²) in [5.74, 6) is 1.03. The first-order chi connectivity index (χ1) is 12.1. The number of hydrogen-bond acceptors (Lipinski definition) is 4. The van der Waals surface area contributed by atoms with Gasteiger partial charge >= 0.3 is 0 Å². The maximum atomic E-state index is 11.6. The van der Waals surface area contributed by atoms with Crippen molar-refractivity contribution in [2.24, 2.45) is 0 Å². The van der Waals surface area contributed by atoms with Crippen LogP contribution in [0.15, 0.2) is 53.7 Å². The summed E-state index contributed by atoms with van der Waals surface area (Å²) < 4.78 is 2.00. The van der Waals surface area contributed by atoms with Gasteiger partial charge in [0.2, 0.25) is 5.91 Å². The molecular weight excluding hydrogens is 332 g/mol. The van der Waals surface area contributed by atoms with E-state index >= 15 is 0 Å². The molecule has 0 saturated carbocycles. The second-order valence-corrected chi connectivity index (χ2v) is 6.75. The van der Waals surface area contributed by atoms with Crippen LogP contribution >= 0.6 is 11.8 Å². The second kappa shape index (κ2) is 7.53. The van der Waals surface area contributed by atoms with E-state index in [1.54, 1.807) is 7.05 Å². The first kappa shape index (κ1) is 17.2. The Balaban J connectivity index is 2.05. The molecule has 1 N–H and O–H groups in total. The Bertz CT molecular complexity index is 869. The summed E-state index contributed by atoms with van der Waals surface area (Å²) in [6.07, 6.45) is 0. The zero-order valence-corrected chi connectivity index (χ0v) is 15.3. The van der Waals surface area contributed by atoms with Gasteiger partial charge in [0.25, 0.3) is 0 Å². The highest BCUT2D eigenvalue weighted by Gasteiger charge is 2.17. The van der Waals surface area contributed by atoms with Crippen molar-refractivity contribution in [2.75, 3.05) is 12.8 Å². The molecule has 0 bridgehead atoms. The molecule has 128 valence electrons. The predicted molar refractivity (Wildman–Crippen MR) is 101 cm³/mol. The van der Waals surface area contributed by atoms with Crippen molar-refractivity contribution in [3.8, 4) is 17.1 Å². The lowest BCUT2D eigenvalue weighted by molar-refractivity contribution is -0.118. The Kier molecular flexibility index (Phi) is 5.19. The lowest BCUT2D eigenvalue weighted by Crippen LogP contribution is -2.20. The van der Waals surface area contributed by atoms with E-state index in [2.05, 4.69) is 53.6 Å². The van der Waals surface area contributed by atoms with Crippen molar-refractivity contribution in [1.82, 2.24) is 20.1 Å². The van der Waals surface area contributed by atoms with Crippen LogP contribution in [0.3, 0.4) is 0 Å². The molecule has 3 aromatic rings. The fourth-order valence-corrected chi connectivity index (χ4v) is 3.21. The van der Waals surface area contributed by atoms with Gasteiger partial charge in [0.15, 0.2) is 11.0 Å². The van der Waals surface area contributed by atoms with Crippen LogP contribution in [0.1, 0.15) is 11.1 Å². The monoisotopic (exact) mass is 352 g/mol. The number of thioether (sulfide) groups is 1. The zero-order chi connectivity index (χ0) is 17.8. The SMILES string of the molecule is CNC(=O)CSc1nnc(-c2ccc(C)cc2)n1-c1ccc(C)cc1. The van der Waals surface area contributed by atoms with Gasteiger partial charge < -0.3 is 5.32 Å². The number of aryl methyl sites for hydroxylation is 2. The summed E-state index contributed by atoms with van der Waals surface area (Å²) in [5.41, 5.74) is 4.35. The molecule has 0 aliphatic heterocycles. The minimum absolute atomic E-state index is 0.0413. The summed E-state index contributed by atoms with van der Waals surface area (Å²) >= 11 is 1.37. The number of nitrogens with zero attached hydrogens (tertiary/aromatic N) is 3. The molecule has 25 heavy (non-hydrogen) atoms. The minimum atomic E-state index is -0.0413. The Morgan fingerprint density at radius 2 is 1.60 bits per heavy atom. The quantitative estimate of drug-likeness (QED) is 0.715. The van der Waals surface area contributed by atoms with E-state index in [1.807, 2.05) is 28.8 Å². The Morgan fingerprint density at radius 1 is 1.00 bits per heavy atom. The molecule has 5 nitrogen and oxygen atoms in total. The molecular formula is C19H20N4OS. The standard InChI is InChI=1S/C19H20N4OS/c1-13-4-8-15(9-5-13)18-21-22-19(25-12-17(24)20-3)23(18)16-10-6-14(2)7-11-16/h4-11H,12H2,1-3H3,(H,20,24). The van der Waals surface area contributed by atoms with E-state index in [-0.39, 0.29) is 5.91 Å². The van der Waals surface area contributed by atoms with Crippen molar-refractivity contribution in [3.05, 3.63) is 59.7 Å². The van der Waals surface area contributed by atoms with Gasteiger partial charge in [0.1, 0.15) is 0 Å². The van der Waals surface area contributed by atoms with E-state index in [4.69, 9.17) is 0 Å². The van der Waals surface area contributed by atoms with Gasteiger partial charge in [-0.05, 0) is 26.0 Å². The third-order valence-corrected chi connectivity index (χ3v) is 4.78. The van der Waals surface area contributed by atoms with E-state index in [0.717, 1.165) is 17.1 Å². The van der Waals surface area contributed by atoms with E-state index in [9.17, 15) is 4.79 Å². The van der Waals surface area contributed by atoms with Crippen LogP contribution in [0.5, 0.6) is 0 Å². The zero-order valence-electron chi connectivity index (χ0n) is 14.5. The smallest absolute Gasteiger partial charge is 0.230 e. The van der Waals surface area contributed by atoms with Crippen molar-refractivity contribution in [3.63, 3.8) is 0 Å². The predicted octanol–water partition coefficient (Wildman–Crippen LogP) is 3.39. The number of carbonyl (C=O) groups is 1.